The molecule has 2 rings (SSSR count). The average molecular weight is 270 g/mol. The number of anilines is 1. The Morgan fingerprint density at radius 2 is 2.18 bits per heavy atom. The molecule has 1 aromatic rings. The van der Waals surface area contributed by atoms with Gasteiger partial charge in [-0.1, -0.05) is 25.4 Å². The molecule has 1 N–H and O–H groups in total. The zero-order valence-corrected chi connectivity index (χ0v) is 12.3. The first kappa shape index (κ1) is 13.1. The molecule has 0 aliphatic carbocycles. The number of benzene rings is 1. The average Bonchev–Trinajstić information content (AvgIpc) is 2.21. The highest BCUT2D eigenvalue weighted by atomic mass is 35.5. The summed E-state index contributed by atoms with van der Waals surface area (Å²) in [6.45, 7) is 6.81. The lowest BCUT2D eigenvalue weighted by atomic mass is 9.87. The van der Waals surface area contributed by atoms with Crippen molar-refractivity contribution in [1.82, 2.24) is 0 Å². The van der Waals surface area contributed by atoms with Crippen molar-refractivity contribution < 1.29 is 0 Å². The van der Waals surface area contributed by atoms with Gasteiger partial charge in [0.05, 0.1) is 0 Å². The molecular weight excluding hydrogens is 250 g/mol. The third-order valence-corrected chi connectivity index (χ3v) is 5.02. The predicted octanol–water partition coefficient (Wildman–Crippen LogP) is 4.59. The number of rotatable bonds is 2. The minimum absolute atomic E-state index is 0.445. The second kappa shape index (κ2) is 5.11. The van der Waals surface area contributed by atoms with Crippen LogP contribution in [0.2, 0.25) is 5.02 Å². The second-order valence-electron chi connectivity index (χ2n) is 5.68. The van der Waals surface area contributed by atoms with Crippen molar-refractivity contribution in [2.75, 3.05) is 16.8 Å². The smallest absolute Gasteiger partial charge is 0.0410 e. The van der Waals surface area contributed by atoms with Gasteiger partial charge in [0, 0.05) is 22.5 Å². The Labute approximate surface area is 113 Å². The molecular formula is C14H20ClNS. The van der Waals surface area contributed by atoms with Gasteiger partial charge in [-0.15, -0.1) is 0 Å². The summed E-state index contributed by atoms with van der Waals surface area (Å²) in [5.74, 6) is 2.47. The summed E-state index contributed by atoms with van der Waals surface area (Å²) in [6.07, 6.45) is 1.24. The zero-order chi connectivity index (χ0) is 12.5. The van der Waals surface area contributed by atoms with Crippen LogP contribution < -0.4 is 5.32 Å². The quantitative estimate of drug-likeness (QED) is 0.843. The van der Waals surface area contributed by atoms with Crippen LogP contribution in [0.15, 0.2) is 18.2 Å². The fraction of sp³-hybridized carbons (Fsp3) is 0.571. The first-order valence-corrected chi connectivity index (χ1v) is 7.60. The fourth-order valence-electron chi connectivity index (χ4n) is 2.36. The van der Waals surface area contributed by atoms with E-state index in [0.717, 1.165) is 5.02 Å². The topological polar surface area (TPSA) is 12.0 Å². The maximum Gasteiger partial charge on any atom is 0.0410 e. The van der Waals surface area contributed by atoms with Gasteiger partial charge in [0.2, 0.25) is 0 Å². The van der Waals surface area contributed by atoms with Crippen LogP contribution in [0.4, 0.5) is 5.69 Å². The number of hydrogen-bond donors (Lipinski definition) is 1. The molecule has 1 saturated heterocycles. The predicted molar refractivity (Wildman–Crippen MR) is 79.3 cm³/mol. The van der Waals surface area contributed by atoms with Crippen molar-refractivity contribution in [3.8, 4) is 0 Å². The van der Waals surface area contributed by atoms with Gasteiger partial charge >= 0.3 is 0 Å². The molecule has 94 valence electrons. The molecule has 17 heavy (non-hydrogen) atoms. The van der Waals surface area contributed by atoms with E-state index in [0.29, 0.717) is 11.5 Å². The van der Waals surface area contributed by atoms with Gasteiger partial charge in [-0.3, -0.25) is 0 Å². The van der Waals surface area contributed by atoms with Crippen LogP contribution in [0.1, 0.15) is 25.8 Å². The number of nitrogens with one attached hydrogen (secondary N) is 1. The lowest BCUT2D eigenvalue weighted by Crippen LogP contribution is -2.35. The van der Waals surface area contributed by atoms with E-state index in [4.69, 9.17) is 11.6 Å². The molecule has 0 radical (unpaired) electrons. The van der Waals surface area contributed by atoms with E-state index in [1.54, 1.807) is 0 Å². The van der Waals surface area contributed by atoms with E-state index < -0.39 is 0 Å². The highest BCUT2D eigenvalue weighted by Crippen LogP contribution is 2.35. The lowest BCUT2D eigenvalue weighted by Gasteiger charge is -2.35. The van der Waals surface area contributed by atoms with Crippen molar-refractivity contribution in [3.05, 3.63) is 28.8 Å². The summed E-state index contributed by atoms with van der Waals surface area (Å²) in [5.41, 5.74) is 2.89. The summed E-state index contributed by atoms with van der Waals surface area (Å²) in [4.78, 5) is 0. The minimum atomic E-state index is 0.445. The molecule has 0 spiro atoms. The summed E-state index contributed by atoms with van der Waals surface area (Å²) in [5, 5.41) is 4.46. The van der Waals surface area contributed by atoms with Crippen molar-refractivity contribution in [1.29, 1.82) is 0 Å². The third kappa shape index (κ3) is 3.56. The summed E-state index contributed by atoms with van der Waals surface area (Å²) in [6, 6.07) is 6.64. The molecule has 0 bridgehead atoms. The Morgan fingerprint density at radius 3 is 2.82 bits per heavy atom. The van der Waals surface area contributed by atoms with Crippen LogP contribution in [0.25, 0.3) is 0 Å². The van der Waals surface area contributed by atoms with Crippen molar-refractivity contribution in [2.45, 2.75) is 33.2 Å². The first-order chi connectivity index (χ1) is 7.96. The molecule has 1 aromatic carbocycles. The van der Waals surface area contributed by atoms with Crippen molar-refractivity contribution in [2.24, 2.45) is 5.41 Å². The second-order valence-corrected chi connectivity index (χ2v) is 7.15. The molecule has 1 aliphatic rings. The lowest BCUT2D eigenvalue weighted by molar-refractivity contribution is 0.358. The highest BCUT2D eigenvalue weighted by Gasteiger charge is 2.28. The van der Waals surface area contributed by atoms with Crippen LogP contribution in [-0.2, 0) is 0 Å². The Kier molecular flexibility index (Phi) is 3.94. The third-order valence-electron chi connectivity index (χ3n) is 3.16. The maximum absolute atomic E-state index is 5.97. The molecule has 1 atom stereocenters. The molecule has 1 fully saturated rings. The molecule has 1 aliphatic heterocycles. The van der Waals surface area contributed by atoms with E-state index in [9.17, 15) is 0 Å². The molecule has 3 heteroatoms. The summed E-state index contributed by atoms with van der Waals surface area (Å²) in [7, 11) is 0. The Bertz CT molecular complexity index is 403. The van der Waals surface area contributed by atoms with E-state index in [1.807, 2.05) is 23.9 Å². The van der Waals surface area contributed by atoms with Gasteiger partial charge in [-0.05, 0) is 48.3 Å². The van der Waals surface area contributed by atoms with Gasteiger partial charge in [0.1, 0.15) is 0 Å². The standard InChI is InChI=1S/C14H20ClNS/c1-10-6-11(15)4-5-13(10)16-12-7-14(2,3)9-17-8-12/h4-6,12,16H,7-9H2,1-3H3. The number of halogens is 1. The first-order valence-electron chi connectivity index (χ1n) is 6.07. The van der Waals surface area contributed by atoms with Crippen LogP contribution in [0.3, 0.4) is 0 Å². The Hall–Kier alpha value is -0.340. The molecule has 1 unspecified atom stereocenters. The monoisotopic (exact) mass is 269 g/mol. The molecule has 1 heterocycles. The summed E-state index contributed by atoms with van der Waals surface area (Å²) < 4.78 is 0. The van der Waals surface area contributed by atoms with E-state index in [2.05, 4.69) is 32.2 Å². The van der Waals surface area contributed by atoms with Crippen LogP contribution in [0.5, 0.6) is 0 Å². The molecule has 1 nitrogen and oxygen atoms in total. The van der Waals surface area contributed by atoms with Crippen molar-refractivity contribution >= 4 is 29.1 Å². The Balaban J connectivity index is 2.05. The number of hydrogen-bond acceptors (Lipinski definition) is 2. The minimum Gasteiger partial charge on any atom is -0.381 e. The maximum atomic E-state index is 5.97. The molecule has 0 amide bonds. The van der Waals surface area contributed by atoms with Crippen LogP contribution in [-0.4, -0.2) is 17.5 Å². The zero-order valence-electron chi connectivity index (χ0n) is 10.7. The fourth-order valence-corrected chi connectivity index (χ4v) is 3.86. The van der Waals surface area contributed by atoms with Gasteiger partial charge in [0.15, 0.2) is 0 Å². The van der Waals surface area contributed by atoms with E-state index in [-0.39, 0.29) is 0 Å². The van der Waals surface area contributed by atoms with Crippen LogP contribution >= 0.6 is 23.4 Å². The highest BCUT2D eigenvalue weighted by molar-refractivity contribution is 7.99. The van der Waals surface area contributed by atoms with Crippen molar-refractivity contribution in [3.63, 3.8) is 0 Å². The molecule has 0 aromatic heterocycles. The van der Waals surface area contributed by atoms with E-state index in [1.165, 1.54) is 29.2 Å². The van der Waals surface area contributed by atoms with Crippen LogP contribution in [0, 0.1) is 12.3 Å². The van der Waals surface area contributed by atoms with Gasteiger partial charge in [0.25, 0.3) is 0 Å². The van der Waals surface area contributed by atoms with Gasteiger partial charge in [-0.2, -0.15) is 11.8 Å². The normalized spacial score (nSPS) is 23.4. The van der Waals surface area contributed by atoms with Gasteiger partial charge < -0.3 is 5.32 Å². The number of thioether (sulfide) groups is 1. The molecule has 0 saturated carbocycles. The van der Waals surface area contributed by atoms with E-state index >= 15 is 0 Å². The van der Waals surface area contributed by atoms with Gasteiger partial charge in [-0.25, -0.2) is 0 Å². The number of aryl methyl sites for hydroxylation is 1. The SMILES string of the molecule is Cc1cc(Cl)ccc1NC1CSCC(C)(C)C1. The summed E-state index contributed by atoms with van der Waals surface area (Å²) >= 11 is 8.02. The largest absolute Gasteiger partial charge is 0.381 e. The Morgan fingerprint density at radius 1 is 1.41 bits per heavy atom.